The minimum absolute atomic E-state index is 0.0935. The predicted molar refractivity (Wildman–Crippen MR) is 65.5 cm³/mol. The summed E-state index contributed by atoms with van der Waals surface area (Å²) in [5.41, 5.74) is 0.987. The van der Waals surface area contributed by atoms with Crippen LogP contribution in [-0.2, 0) is 0 Å². The van der Waals surface area contributed by atoms with Crippen molar-refractivity contribution in [1.29, 1.82) is 0 Å². The summed E-state index contributed by atoms with van der Waals surface area (Å²) in [6, 6.07) is 10.1. The Morgan fingerprint density at radius 2 is 1.82 bits per heavy atom. The van der Waals surface area contributed by atoms with Crippen molar-refractivity contribution in [3.8, 4) is 0 Å². The van der Waals surface area contributed by atoms with Gasteiger partial charge in [0.15, 0.2) is 0 Å². The molecule has 0 unspecified atom stereocenters. The number of nitrogens with zero attached hydrogens (tertiary/aromatic N) is 1. The molecule has 0 spiro atoms. The van der Waals surface area contributed by atoms with E-state index in [0.29, 0.717) is 0 Å². The number of hydrogen-bond acceptors (Lipinski definition) is 3. The molecule has 0 bridgehead atoms. The largest absolute Gasteiger partial charge is 0.462 e. The molecule has 0 saturated carbocycles. The number of non-ortho nitro benzene ring substituents is 1. The van der Waals surface area contributed by atoms with Crippen LogP contribution in [-0.4, -0.2) is 4.92 Å². The van der Waals surface area contributed by atoms with Gasteiger partial charge in [0.1, 0.15) is 11.5 Å². The maximum atomic E-state index is 10.5. The minimum Gasteiger partial charge on any atom is -0.462 e. The van der Waals surface area contributed by atoms with E-state index < -0.39 is 4.92 Å². The van der Waals surface area contributed by atoms with Crippen LogP contribution in [0.3, 0.4) is 0 Å². The second-order valence-electron chi connectivity index (χ2n) is 3.63. The molecule has 0 aliphatic heterocycles. The van der Waals surface area contributed by atoms with E-state index in [4.69, 9.17) is 4.42 Å². The third-order valence-electron chi connectivity index (χ3n) is 2.31. The lowest BCUT2D eigenvalue weighted by molar-refractivity contribution is -0.384. The Morgan fingerprint density at radius 1 is 1.12 bits per heavy atom. The van der Waals surface area contributed by atoms with E-state index in [1.54, 1.807) is 12.1 Å². The summed E-state index contributed by atoms with van der Waals surface area (Å²) in [6.45, 7) is 1.88. The number of rotatable bonds is 3. The molecule has 2 rings (SSSR count). The summed E-state index contributed by atoms with van der Waals surface area (Å²) in [5, 5.41) is 10.5. The molecule has 0 saturated heterocycles. The zero-order chi connectivity index (χ0) is 12.3. The second kappa shape index (κ2) is 4.65. The van der Waals surface area contributed by atoms with E-state index in [1.807, 2.05) is 31.2 Å². The smallest absolute Gasteiger partial charge is 0.269 e. The molecule has 0 atom stereocenters. The van der Waals surface area contributed by atoms with E-state index in [9.17, 15) is 10.1 Å². The maximum absolute atomic E-state index is 10.5. The average molecular weight is 229 g/mol. The first kappa shape index (κ1) is 11.1. The highest BCUT2D eigenvalue weighted by molar-refractivity contribution is 5.67. The molecule has 86 valence electrons. The van der Waals surface area contributed by atoms with Gasteiger partial charge in [-0.05, 0) is 42.8 Å². The fraction of sp³-hybridized carbons (Fsp3) is 0.0769. The molecule has 2 aromatic rings. The van der Waals surface area contributed by atoms with Crippen molar-refractivity contribution in [2.45, 2.75) is 6.92 Å². The van der Waals surface area contributed by atoms with Gasteiger partial charge in [0.2, 0.25) is 0 Å². The molecule has 0 N–H and O–H groups in total. The Morgan fingerprint density at radius 3 is 2.35 bits per heavy atom. The van der Waals surface area contributed by atoms with Crippen LogP contribution in [0.5, 0.6) is 0 Å². The van der Waals surface area contributed by atoms with Gasteiger partial charge in [-0.2, -0.15) is 0 Å². The first-order chi connectivity index (χ1) is 8.15. The van der Waals surface area contributed by atoms with E-state index >= 15 is 0 Å². The molecule has 0 radical (unpaired) electrons. The van der Waals surface area contributed by atoms with Crippen LogP contribution in [0.15, 0.2) is 40.8 Å². The molecule has 0 aliphatic rings. The predicted octanol–water partition coefficient (Wildman–Crippen LogP) is 3.67. The molecule has 1 aromatic heterocycles. The lowest BCUT2D eigenvalue weighted by Crippen LogP contribution is -1.86. The lowest BCUT2D eigenvalue weighted by Gasteiger charge is -1.93. The van der Waals surface area contributed by atoms with Gasteiger partial charge in [-0.1, -0.05) is 6.08 Å². The highest BCUT2D eigenvalue weighted by atomic mass is 16.6. The fourth-order valence-electron chi connectivity index (χ4n) is 1.43. The van der Waals surface area contributed by atoms with E-state index in [-0.39, 0.29) is 5.69 Å². The molecule has 1 aromatic carbocycles. The normalized spacial score (nSPS) is 10.9. The van der Waals surface area contributed by atoms with Gasteiger partial charge in [0, 0.05) is 12.1 Å². The standard InChI is InChI=1S/C13H11NO3/c1-10-2-8-13(17-10)9-5-11-3-6-12(7-4-11)14(15)16/h2-9H,1H3. The lowest BCUT2D eigenvalue weighted by atomic mass is 10.2. The molecular weight excluding hydrogens is 218 g/mol. The van der Waals surface area contributed by atoms with Crippen molar-refractivity contribution in [2.75, 3.05) is 0 Å². The van der Waals surface area contributed by atoms with Crippen molar-refractivity contribution in [3.63, 3.8) is 0 Å². The van der Waals surface area contributed by atoms with Crippen LogP contribution in [0.4, 0.5) is 5.69 Å². The van der Waals surface area contributed by atoms with Crippen molar-refractivity contribution in [1.82, 2.24) is 0 Å². The van der Waals surface area contributed by atoms with Crippen LogP contribution >= 0.6 is 0 Å². The quantitative estimate of drug-likeness (QED) is 0.596. The van der Waals surface area contributed by atoms with Gasteiger partial charge in [0.05, 0.1) is 4.92 Å². The number of hydrogen-bond donors (Lipinski definition) is 0. The second-order valence-corrected chi connectivity index (χ2v) is 3.63. The van der Waals surface area contributed by atoms with Gasteiger partial charge in [-0.3, -0.25) is 10.1 Å². The Hall–Kier alpha value is -2.36. The molecule has 1 heterocycles. The molecule has 0 aliphatic carbocycles. The van der Waals surface area contributed by atoms with Crippen molar-refractivity contribution < 1.29 is 9.34 Å². The topological polar surface area (TPSA) is 56.3 Å². The number of aryl methyl sites for hydroxylation is 1. The highest BCUT2D eigenvalue weighted by Gasteiger charge is 2.02. The number of furan rings is 1. The van der Waals surface area contributed by atoms with E-state index in [0.717, 1.165) is 17.1 Å². The first-order valence-electron chi connectivity index (χ1n) is 5.14. The molecular formula is C13H11NO3. The fourth-order valence-corrected chi connectivity index (χ4v) is 1.43. The van der Waals surface area contributed by atoms with Crippen molar-refractivity contribution in [2.24, 2.45) is 0 Å². The van der Waals surface area contributed by atoms with Crippen LogP contribution in [0.1, 0.15) is 17.1 Å². The molecule has 0 fully saturated rings. The van der Waals surface area contributed by atoms with Crippen molar-refractivity contribution >= 4 is 17.8 Å². The summed E-state index contributed by atoms with van der Waals surface area (Å²) >= 11 is 0. The SMILES string of the molecule is Cc1ccc(C=Cc2ccc([N+](=O)[O-])cc2)o1. The van der Waals surface area contributed by atoms with E-state index in [2.05, 4.69) is 0 Å². The monoisotopic (exact) mass is 229 g/mol. The Balaban J connectivity index is 2.13. The maximum Gasteiger partial charge on any atom is 0.269 e. The number of benzene rings is 1. The summed E-state index contributed by atoms with van der Waals surface area (Å²) in [4.78, 5) is 10.1. The van der Waals surface area contributed by atoms with Gasteiger partial charge >= 0.3 is 0 Å². The number of nitro benzene ring substituents is 1. The van der Waals surface area contributed by atoms with Gasteiger partial charge < -0.3 is 4.42 Å². The van der Waals surface area contributed by atoms with Crippen LogP contribution in [0.25, 0.3) is 12.2 Å². The Labute approximate surface area is 98.3 Å². The van der Waals surface area contributed by atoms with E-state index in [1.165, 1.54) is 12.1 Å². The zero-order valence-corrected chi connectivity index (χ0v) is 9.29. The summed E-state index contributed by atoms with van der Waals surface area (Å²) < 4.78 is 5.37. The van der Waals surface area contributed by atoms with Crippen LogP contribution in [0, 0.1) is 17.0 Å². The summed E-state index contributed by atoms with van der Waals surface area (Å²) in [6.07, 6.45) is 3.68. The summed E-state index contributed by atoms with van der Waals surface area (Å²) in [5.74, 6) is 1.62. The minimum atomic E-state index is -0.413. The first-order valence-corrected chi connectivity index (χ1v) is 5.14. The van der Waals surface area contributed by atoms with Gasteiger partial charge in [-0.25, -0.2) is 0 Å². The van der Waals surface area contributed by atoms with Gasteiger partial charge in [0.25, 0.3) is 5.69 Å². The number of nitro groups is 1. The third kappa shape index (κ3) is 2.81. The van der Waals surface area contributed by atoms with Crippen molar-refractivity contribution in [3.05, 3.63) is 63.6 Å². The van der Waals surface area contributed by atoms with Crippen LogP contribution < -0.4 is 0 Å². The average Bonchev–Trinajstić information content (AvgIpc) is 2.73. The highest BCUT2D eigenvalue weighted by Crippen LogP contribution is 2.15. The Bertz CT molecular complexity index is 552. The van der Waals surface area contributed by atoms with Gasteiger partial charge in [-0.15, -0.1) is 0 Å². The Kier molecular flexibility index (Phi) is 3.05. The molecule has 4 heteroatoms. The molecule has 4 nitrogen and oxygen atoms in total. The summed E-state index contributed by atoms with van der Waals surface area (Å²) in [7, 11) is 0. The molecule has 17 heavy (non-hydrogen) atoms. The third-order valence-corrected chi connectivity index (χ3v) is 2.31. The van der Waals surface area contributed by atoms with Crippen LogP contribution in [0.2, 0.25) is 0 Å². The molecule has 0 amide bonds. The zero-order valence-electron chi connectivity index (χ0n) is 9.29.